The molecule has 1 fully saturated rings. The first kappa shape index (κ1) is 12.6. The molecule has 1 aromatic rings. The summed E-state index contributed by atoms with van der Waals surface area (Å²) in [6, 6.07) is 6.01. The monoisotopic (exact) mass is 296 g/mol. The lowest BCUT2D eigenvalue weighted by Gasteiger charge is -2.14. The predicted octanol–water partition coefficient (Wildman–Crippen LogP) is 4.29. The third-order valence-corrected chi connectivity index (χ3v) is 4.38. The molecule has 2 rings (SSSR count). The van der Waals surface area contributed by atoms with Gasteiger partial charge in [-0.2, -0.15) is 0 Å². The molecule has 0 bridgehead atoms. The summed E-state index contributed by atoms with van der Waals surface area (Å²) in [6.45, 7) is 1.72. The number of carbonyl (C=O) groups is 1. The molecule has 17 heavy (non-hydrogen) atoms. The van der Waals surface area contributed by atoms with Gasteiger partial charge < -0.3 is 5.11 Å². The minimum absolute atomic E-state index is 0.441. The van der Waals surface area contributed by atoms with E-state index in [1.165, 1.54) is 31.2 Å². The van der Waals surface area contributed by atoms with Crippen LogP contribution in [0, 0.1) is 0 Å². The topological polar surface area (TPSA) is 37.3 Å². The predicted molar refractivity (Wildman–Crippen MR) is 71.4 cm³/mol. The third-order valence-electron chi connectivity index (χ3n) is 3.69. The van der Waals surface area contributed by atoms with E-state index in [-0.39, 0.29) is 0 Å². The summed E-state index contributed by atoms with van der Waals surface area (Å²) in [7, 11) is 0. The zero-order valence-corrected chi connectivity index (χ0v) is 11.5. The standard InChI is InChI=1S/C14H17BrO2/c1-9(14(16)17)11-6-7-12(13(15)8-11)10-4-2-3-5-10/h6-10H,2-5H2,1H3,(H,16,17). The first-order valence-corrected chi connectivity index (χ1v) is 6.91. The number of aliphatic carboxylic acids is 1. The lowest BCUT2D eigenvalue weighted by molar-refractivity contribution is -0.138. The summed E-state index contributed by atoms with van der Waals surface area (Å²) >= 11 is 3.58. The van der Waals surface area contributed by atoms with Gasteiger partial charge in [-0.25, -0.2) is 0 Å². The number of carboxylic acids is 1. The smallest absolute Gasteiger partial charge is 0.310 e. The Labute approximate surface area is 110 Å². The van der Waals surface area contributed by atoms with E-state index >= 15 is 0 Å². The molecule has 0 spiro atoms. The van der Waals surface area contributed by atoms with E-state index in [1.54, 1.807) is 6.92 Å². The van der Waals surface area contributed by atoms with Crippen molar-refractivity contribution in [2.45, 2.75) is 44.4 Å². The van der Waals surface area contributed by atoms with Crippen molar-refractivity contribution in [1.29, 1.82) is 0 Å². The number of hydrogen-bond donors (Lipinski definition) is 1. The van der Waals surface area contributed by atoms with Gasteiger partial charge in [0.05, 0.1) is 5.92 Å². The molecule has 1 aromatic carbocycles. The Morgan fingerprint density at radius 2 is 2.06 bits per heavy atom. The first-order chi connectivity index (χ1) is 8.09. The number of carboxylic acid groups (broad SMARTS) is 1. The molecule has 1 aliphatic rings. The van der Waals surface area contributed by atoms with Crippen molar-refractivity contribution in [1.82, 2.24) is 0 Å². The lowest BCUT2D eigenvalue weighted by atomic mass is 9.94. The van der Waals surface area contributed by atoms with E-state index < -0.39 is 11.9 Å². The quantitative estimate of drug-likeness (QED) is 0.903. The van der Waals surface area contributed by atoms with Crippen molar-refractivity contribution in [3.05, 3.63) is 33.8 Å². The van der Waals surface area contributed by atoms with E-state index in [2.05, 4.69) is 22.0 Å². The fourth-order valence-corrected chi connectivity index (χ4v) is 3.24. The second-order valence-corrected chi connectivity index (χ2v) is 5.68. The molecule has 92 valence electrons. The Balaban J connectivity index is 2.25. The van der Waals surface area contributed by atoms with Gasteiger partial charge in [0, 0.05) is 4.47 Å². The molecule has 1 unspecified atom stereocenters. The van der Waals surface area contributed by atoms with Gasteiger partial charge in [-0.05, 0) is 42.9 Å². The molecule has 0 heterocycles. The van der Waals surface area contributed by atoms with Crippen molar-refractivity contribution in [2.75, 3.05) is 0 Å². The van der Waals surface area contributed by atoms with Gasteiger partial charge in [0.25, 0.3) is 0 Å². The molecule has 3 heteroatoms. The molecular formula is C14H17BrO2. The van der Waals surface area contributed by atoms with Crippen LogP contribution in [0.15, 0.2) is 22.7 Å². The van der Waals surface area contributed by atoms with Crippen LogP contribution in [0.4, 0.5) is 0 Å². The molecule has 1 saturated carbocycles. The zero-order valence-electron chi connectivity index (χ0n) is 9.95. The summed E-state index contributed by atoms with van der Waals surface area (Å²) in [5, 5.41) is 8.99. The first-order valence-electron chi connectivity index (χ1n) is 6.11. The van der Waals surface area contributed by atoms with Gasteiger partial charge in [-0.1, -0.05) is 40.9 Å². The number of rotatable bonds is 3. The van der Waals surface area contributed by atoms with Crippen LogP contribution in [-0.4, -0.2) is 11.1 Å². The van der Waals surface area contributed by atoms with Crippen LogP contribution in [0.1, 0.15) is 55.6 Å². The fraction of sp³-hybridized carbons (Fsp3) is 0.500. The van der Waals surface area contributed by atoms with Gasteiger partial charge in [0.2, 0.25) is 0 Å². The van der Waals surface area contributed by atoms with Gasteiger partial charge in [0.1, 0.15) is 0 Å². The summed E-state index contributed by atoms with van der Waals surface area (Å²) in [5.41, 5.74) is 2.20. The summed E-state index contributed by atoms with van der Waals surface area (Å²) < 4.78 is 1.06. The van der Waals surface area contributed by atoms with Crippen LogP contribution in [0.2, 0.25) is 0 Å². The van der Waals surface area contributed by atoms with E-state index in [0.717, 1.165) is 10.0 Å². The van der Waals surface area contributed by atoms with E-state index in [4.69, 9.17) is 5.11 Å². The largest absolute Gasteiger partial charge is 0.481 e. The normalized spacial score (nSPS) is 18.2. The molecule has 1 N–H and O–H groups in total. The molecule has 0 aliphatic heterocycles. The highest BCUT2D eigenvalue weighted by atomic mass is 79.9. The molecule has 1 atom stereocenters. The van der Waals surface area contributed by atoms with Gasteiger partial charge >= 0.3 is 5.97 Å². The van der Waals surface area contributed by atoms with Gasteiger partial charge in [-0.3, -0.25) is 4.79 Å². The van der Waals surface area contributed by atoms with Crippen molar-refractivity contribution in [2.24, 2.45) is 0 Å². The van der Waals surface area contributed by atoms with E-state index in [1.807, 2.05) is 12.1 Å². The Kier molecular flexibility index (Phi) is 3.87. The zero-order chi connectivity index (χ0) is 12.4. The van der Waals surface area contributed by atoms with Crippen molar-refractivity contribution in [3.63, 3.8) is 0 Å². The minimum Gasteiger partial charge on any atom is -0.481 e. The SMILES string of the molecule is CC(C(=O)O)c1ccc(C2CCCC2)c(Br)c1. The Morgan fingerprint density at radius 1 is 1.41 bits per heavy atom. The maximum absolute atomic E-state index is 10.9. The number of hydrogen-bond acceptors (Lipinski definition) is 1. The lowest BCUT2D eigenvalue weighted by Crippen LogP contribution is -2.07. The highest BCUT2D eigenvalue weighted by Crippen LogP contribution is 2.38. The van der Waals surface area contributed by atoms with Crippen molar-refractivity contribution in [3.8, 4) is 0 Å². The Bertz CT molecular complexity index is 422. The van der Waals surface area contributed by atoms with E-state index in [0.29, 0.717) is 5.92 Å². The Hall–Kier alpha value is -0.830. The second-order valence-electron chi connectivity index (χ2n) is 4.82. The highest BCUT2D eigenvalue weighted by molar-refractivity contribution is 9.10. The summed E-state index contributed by atoms with van der Waals surface area (Å²) in [5.74, 6) is -0.562. The molecule has 0 amide bonds. The van der Waals surface area contributed by atoms with Crippen LogP contribution < -0.4 is 0 Å². The fourth-order valence-electron chi connectivity index (χ4n) is 2.52. The van der Waals surface area contributed by atoms with Gasteiger partial charge in [-0.15, -0.1) is 0 Å². The van der Waals surface area contributed by atoms with Crippen LogP contribution in [0.25, 0.3) is 0 Å². The molecule has 2 nitrogen and oxygen atoms in total. The number of benzene rings is 1. The second kappa shape index (κ2) is 5.21. The molecule has 1 aliphatic carbocycles. The van der Waals surface area contributed by atoms with E-state index in [9.17, 15) is 4.79 Å². The van der Waals surface area contributed by atoms with Crippen LogP contribution in [0.5, 0.6) is 0 Å². The molecular weight excluding hydrogens is 280 g/mol. The minimum atomic E-state index is -0.773. The van der Waals surface area contributed by atoms with Crippen LogP contribution in [-0.2, 0) is 4.79 Å². The average Bonchev–Trinajstić information content (AvgIpc) is 2.81. The maximum Gasteiger partial charge on any atom is 0.310 e. The van der Waals surface area contributed by atoms with Gasteiger partial charge in [0.15, 0.2) is 0 Å². The van der Waals surface area contributed by atoms with Crippen molar-refractivity contribution < 1.29 is 9.90 Å². The highest BCUT2D eigenvalue weighted by Gasteiger charge is 2.21. The molecule has 0 radical (unpaired) electrons. The van der Waals surface area contributed by atoms with Crippen molar-refractivity contribution >= 4 is 21.9 Å². The summed E-state index contributed by atoms with van der Waals surface area (Å²) in [4.78, 5) is 10.9. The molecule has 0 aromatic heterocycles. The van der Waals surface area contributed by atoms with Crippen LogP contribution >= 0.6 is 15.9 Å². The number of halogens is 1. The maximum atomic E-state index is 10.9. The summed E-state index contributed by atoms with van der Waals surface area (Å²) in [6.07, 6.45) is 5.13. The average molecular weight is 297 g/mol. The third kappa shape index (κ3) is 2.71. The Morgan fingerprint density at radius 3 is 2.59 bits per heavy atom. The molecule has 0 saturated heterocycles. The van der Waals surface area contributed by atoms with Crippen LogP contribution in [0.3, 0.4) is 0 Å².